The van der Waals surface area contributed by atoms with Crippen molar-refractivity contribution in [2.75, 3.05) is 19.7 Å². The Bertz CT molecular complexity index is 679. The van der Waals surface area contributed by atoms with Gasteiger partial charge in [0.25, 0.3) is 0 Å². The molecule has 0 N–H and O–H groups in total. The Morgan fingerprint density at radius 1 is 1.33 bits per heavy atom. The molecule has 0 atom stereocenters. The molecule has 3 rings (SSSR count). The van der Waals surface area contributed by atoms with E-state index in [1.807, 2.05) is 11.8 Å². The van der Waals surface area contributed by atoms with Crippen LogP contribution < -0.4 is 4.74 Å². The molecule has 0 radical (unpaired) electrons. The zero-order valence-corrected chi connectivity index (χ0v) is 14.3. The maximum absolute atomic E-state index is 12.3. The average Bonchev–Trinajstić information content (AvgIpc) is 3.03. The summed E-state index contributed by atoms with van der Waals surface area (Å²) in [6.45, 7) is 3.60. The molecule has 0 bridgehead atoms. The predicted molar refractivity (Wildman–Crippen MR) is 89.2 cm³/mol. The molecule has 2 aromatic rings. The lowest BCUT2D eigenvalue weighted by molar-refractivity contribution is -0.132. The highest BCUT2D eigenvalue weighted by molar-refractivity contribution is 6.30. The van der Waals surface area contributed by atoms with E-state index in [1.54, 1.807) is 24.3 Å². The number of nitrogens with zero attached hydrogens (tertiary/aromatic N) is 3. The van der Waals surface area contributed by atoms with Crippen LogP contribution in [0, 0.1) is 6.92 Å². The van der Waals surface area contributed by atoms with Crippen molar-refractivity contribution in [1.82, 2.24) is 15.0 Å². The molecular formula is C17H20ClN3O3. The number of piperidine rings is 1. The molecule has 1 aromatic carbocycles. The van der Waals surface area contributed by atoms with Crippen molar-refractivity contribution in [3.8, 4) is 5.75 Å². The molecule has 0 aliphatic carbocycles. The Morgan fingerprint density at radius 3 is 2.67 bits per heavy atom. The summed E-state index contributed by atoms with van der Waals surface area (Å²) < 4.78 is 10.8. The Hall–Kier alpha value is -2.08. The van der Waals surface area contributed by atoms with E-state index in [2.05, 4.69) is 10.1 Å². The maximum Gasteiger partial charge on any atom is 0.229 e. The van der Waals surface area contributed by atoms with Crippen LogP contribution in [0.5, 0.6) is 5.75 Å². The van der Waals surface area contributed by atoms with Crippen LogP contribution in [0.25, 0.3) is 0 Å². The third-order valence-corrected chi connectivity index (χ3v) is 4.39. The van der Waals surface area contributed by atoms with Gasteiger partial charge >= 0.3 is 0 Å². The average molecular weight is 350 g/mol. The molecule has 0 spiro atoms. The summed E-state index contributed by atoms with van der Waals surface area (Å²) in [6, 6.07) is 7.13. The lowest BCUT2D eigenvalue weighted by atomic mass is 9.96. The summed E-state index contributed by atoms with van der Waals surface area (Å²) in [5.41, 5.74) is 0. The highest BCUT2D eigenvalue weighted by atomic mass is 35.5. The summed E-state index contributed by atoms with van der Waals surface area (Å²) in [7, 11) is 0. The van der Waals surface area contributed by atoms with Gasteiger partial charge in [0.1, 0.15) is 5.75 Å². The minimum Gasteiger partial charge on any atom is -0.493 e. The molecule has 2 heterocycles. The van der Waals surface area contributed by atoms with Crippen molar-refractivity contribution in [3.05, 3.63) is 41.0 Å². The molecule has 6 nitrogen and oxygen atoms in total. The van der Waals surface area contributed by atoms with Gasteiger partial charge in [-0.15, -0.1) is 0 Å². The first-order chi connectivity index (χ1) is 11.6. The number of halogens is 1. The van der Waals surface area contributed by atoms with Crippen molar-refractivity contribution in [2.45, 2.75) is 32.1 Å². The van der Waals surface area contributed by atoms with Crippen LogP contribution in [-0.2, 0) is 4.79 Å². The van der Waals surface area contributed by atoms with Gasteiger partial charge in [-0.3, -0.25) is 4.79 Å². The molecule has 1 amide bonds. The molecular weight excluding hydrogens is 330 g/mol. The number of carbonyl (C=O) groups excluding carboxylic acids is 1. The van der Waals surface area contributed by atoms with Gasteiger partial charge in [0.2, 0.25) is 11.8 Å². The molecule has 24 heavy (non-hydrogen) atoms. The second-order valence-corrected chi connectivity index (χ2v) is 6.32. The zero-order chi connectivity index (χ0) is 16.9. The maximum atomic E-state index is 12.3. The molecule has 1 fully saturated rings. The fraction of sp³-hybridized carbons (Fsp3) is 0.471. The molecule has 128 valence electrons. The van der Waals surface area contributed by atoms with Crippen molar-refractivity contribution in [1.29, 1.82) is 0 Å². The summed E-state index contributed by atoms with van der Waals surface area (Å²) in [5.74, 6) is 2.43. The highest BCUT2D eigenvalue weighted by Gasteiger charge is 2.26. The first-order valence-electron chi connectivity index (χ1n) is 8.08. The number of hydrogen-bond donors (Lipinski definition) is 0. The van der Waals surface area contributed by atoms with E-state index >= 15 is 0 Å². The van der Waals surface area contributed by atoms with Crippen molar-refractivity contribution in [2.24, 2.45) is 0 Å². The molecule has 1 aliphatic heterocycles. The number of aryl methyl sites for hydroxylation is 1. The van der Waals surface area contributed by atoms with Crippen LogP contribution >= 0.6 is 11.6 Å². The second-order valence-electron chi connectivity index (χ2n) is 5.89. The van der Waals surface area contributed by atoms with E-state index < -0.39 is 0 Å². The number of aromatic nitrogens is 2. The third kappa shape index (κ3) is 4.26. The first kappa shape index (κ1) is 16.8. The van der Waals surface area contributed by atoms with Crippen molar-refractivity contribution >= 4 is 17.5 Å². The third-order valence-electron chi connectivity index (χ3n) is 4.14. The van der Waals surface area contributed by atoms with Gasteiger partial charge in [-0.25, -0.2) is 0 Å². The fourth-order valence-corrected chi connectivity index (χ4v) is 2.93. The molecule has 1 aromatic heterocycles. The molecule has 1 aliphatic rings. The van der Waals surface area contributed by atoms with Gasteiger partial charge in [-0.2, -0.15) is 4.98 Å². The number of amides is 1. The molecule has 0 saturated carbocycles. The number of ether oxygens (including phenoxy) is 1. The van der Waals surface area contributed by atoms with E-state index in [0.29, 0.717) is 42.9 Å². The SMILES string of the molecule is Cc1noc(C2CCN(C(=O)CCOc3ccc(Cl)cc3)CC2)n1. The summed E-state index contributed by atoms with van der Waals surface area (Å²) in [6.07, 6.45) is 2.07. The quantitative estimate of drug-likeness (QED) is 0.829. The second kappa shape index (κ2) is 7.66. The number of likely N-dealkylation sites (tertiary alicyclic amines) is 1. The van der Waals surface area contributed by atoms with Crippen LogP contribution in [0.1, 0.15) is 36.9 Å². The van der Waals surface area contributed by atoms with Gasteiger partial charge < -0.3 is 14.2 Å². The predicted octanol–water partition coefficient (Wildman–Crippen LogP) is 3.21. The summed E-state index contributed by atoms with van der Waals surface area (Å²) in [5, 5.41) is 4.49. The van der Waals surface area contributed by atoms with Gasteiger partial charge in [-0.05, 0) is 44.0 Å². The zero-order valence-electron chi connectivity index (χ0n) is 13.6. The number of hydrogen-bond acceptors (Lipinski definition) is 5. The Kier molecular flexibility index (Phi) is 5.35. The van der Waals surface area contributed by atoms with E-state index in [-0.39, 0.29) is 11.8 Å². The summed E-state index contributed by atoms with van der Waals surface area (Å²) >= 11 is 5.82. The van der Waals surface area contributed by atoms with Crippen LogP contribution in [-0.4, -0.2) is 40.6 Å². The normalized spacial score (nSPS) is 15.5. The smallest absolute Gasteiger partial charge is 0.229 e. The van der Waals surface area contributed by atoms with Crippen molar-refractivity contribution in [3.63, 3.8) is 0 Å². The van der Waals surface area contributed by atoms with Gasteiger partial charge in [0.15, 0.2) is 5.82 Å². The summed E-state index contributed by atoms with van der Waals surface area (Å²) in [4.78, 5) is 18.4. The molecule has 0 unspecified atom stereocenters. The molecule has 7 heteroatoms. The van der Waals surface area contributed by atoms with Crippen LogP contribution in [0.3, 0.4) is 0 Å². The lowest BCUT2D eigenvalue weighted by Gasteiger charge is -2.30. The largest absolute Gasteiger partial charge is 0.493 e. The van der Waals surface area contributed by atoms with Gasteiger partial charge in [0.05, 0.1) is 13.0 Å². The first-order valence-corrected chi connectivity index (χ1v) is 8.46. The van der Waals surface area contributed by atoms with Crippen LogP contribution in [0.4, 0.5) is 0 Å². The standard InChI is InChI=1S/C17H20ClN3O3/c1-12-19-17(24-20-12)13-6-9-21(10-7-13)16(22)8-11-23-15-4-2-14(18)3-5-15/h2-5,13H,6-11H2,1H3. The fourth-order valence-electron chi connectivity index (χ4n) is 2.80. The lowest BCUT2D eigenvalue weighted by Crippen LogP contribution is -2.38. The Balaban J connectivity index is 1.41. The Labute approximate surface area is 145 Å². The number of rotatable bonds is 5. The number of carbonyl (C=O) groups is 1. The topological polar surface area (TPSA) is 68.5 Å². The molecule has 1 saturated heterocycles. The number of benzene rings is 1. The van der Waals surface area contributed by atoms with E-state index in [1.165, 1.54) is 0 Å². The van der Waals surface area contributed by atoms with Crippen LogP contribution in [0.2, 0.25) is 5.02 Å². The van der Waals surface area contributed by atoms with E-state index in [0.717, 1.165) is 18.6 Å². The van der Waals surface area contributed by atoms with Gasteiger partial charge in [0, 0.05) is 24.0 Å². The van der Waals surface area contributed by atoms with E-state index in [4.69, 9.17) is 20.9 Å². The van der Waals surface area contributed by atoms with Crippen LogP contribution in [0.15, 0.2) is 28.8 Å². The van der Waals surface area contributed by atoms with Crippen molar-refractivity contribution < 1.29 is 14.1 Å². The minimum absolute atomic E-state index is 0.115. The highest BCUT2D eigenvalue weighted by Crippen LogP contribution is 2.27. The Morgan fingerprint density at radius 2 is 2.04 bits per heavy atom. The monoisotopic (exact) mass is 349 g/mol. The van der Waals surface area contributed by atoms with Gasteiger partial charge in [-0.1, -0.05) is 16.8 Å². The van der Waals surface area contributed by atoms with E-state index in [9.17, 15) is 4.79 Å². The minimum atomic E-state index is 0.115.